The fraction of sp³-hybridized carbons (Fsp3) is 0.286. The molecule has 6 heteroatoms. The van der Waals surface area contributed by atoms with Crippen molar-refractivity contribution in [3.63, 3.8) is 0 Å². The minimum Gasteiger partial charge on any atom is -0.370 e. The van der Waals surface area contributed by atoms with Gasteiger partial charge in [0.15, 0.2) is 5.96 Å². The largest absolute Gasteiger partial charge is 0.370 e. The van der Waals surface area contributed by atoms with Crippen molar-refractivity contribution in [2.75, 3.05) is 24.3 Å². The number of aromatic nitrogens is 2. The van der Waals surface area contributed by atoms with Crippen LogP contribution in [0.1, 0.15) is 0 Å². The van der Waals surface area contributed by atoms with Crippen LogP contribution in [0.4, 0.5) is 11.8 Å². The van der Waals surface area contributed by atoms with Crippen LogP contribution in [0, 0.1) is 5.41 Å². The Labute approximate surface area is 76.3 Å². The summed E-state index contributed by atoms with van der Waals surface area (Å²) < 4.78 is 0. The van der Waals surface area contributed by atoms with Gasteiger partial charge >= 0.3 is 0 Å². The van der Waals surface area contributed by atoms with E-state index in [1.165, 1.54) is 0 Å². The van der Waals surface area contributed by atoms with Crippen LogP contribution in [-0.2, 0) is 0 Å². The minimum atomic E-state index is -0.136. The lowest BCUT2D eigenvalue weighted by Crippen LogP contribution is -2.22. The Morgan fingerprint density at radius 2 is 2.31 bits per heavy atom. The van der Waals surface area contributed by atoms with Crippen molar-refractivity contribution in [1.29, 1.82) is 5.41 Å². The summed E-state index contributed by atoms with van der Waals surface area (Å²) >= 11 is 0. The van der Waals surface area contributed by atoms with Crippen LogP contribution in [0.2, 0.25) is 0 Å². The predicted molar refractivity (Wildman–Crippen MR) is 51.9 cm³/mol. The van der Waals surface area contributed by atoms with Gasteiger partial charge in [-0.1, -0.05) is 0 Å². The van der Waals surface area contributed by atoms with Gasteiger partial charge in [-0.25, -0.2) is 4.98 Å². The Morgan fingerprint density at radius 1 is 1.62 bits per heavy atom. The van der Waals surface area contributed by atoms with Crippen molar-refractivity contribution >= 4 is 17.7 Å². The van der Waals surface area contributed by atoms with E-state index in [2.05, 4.69) is 15.3 Å². The van der Waals surface area contributed by atoms with Gasteiger partial charge in [0, 0.05) is 20.3 Å². The summed E-state index contributed by atoms with van der Waals surface area (Å²) in [4.78, 5) is 9.87. The Balaban J connectivity index is 2.85. The Morgan fingerprint density at radius 3 is 2.85 bits per heavy atom. The second kappa shape index (κ2) is 3.70. The molecule has 1 aromatic heterocycles. The molecule has 0 saturated carbocycles. The molecule has 0 unspecified atom stereocenters. The van der Waals surface area contributed by atoms with Crippen molar-refractivity contribution in [3.8, 4) is 0 Å². The summed E-state index contributed by atoms with van der Waals surface area (Å²) in [6.45, 7) is 0. The van der Waals surface area contributed by atoms with Gasteiger partial charge < -0.3 is 16.0 Å². The fourth-order valence-electron chi connectivity index (χ4n) is 0.771. The lowest BCUT2D eigenvalue weighted by Gasteiger charge is -2.10. The molecule has 0 aromatic carbocycles. The molecule has 1 heterocycles. The molecule has 0 atom stereocenters. The number of hydrogen-bond donors (Lipinski definition) is 3. The van der Waals surface area contributed by atoms with Crippen LogP contribution in [0.25, 0.3) is 0 Å². The normalized spacial score (nSPS) is 9.38. The SMILES string of the molecule is CN(C)c1nccc(NC(=N)N)n1. The summed E-state index contributed by atoms with van der Waals surface area (Å²) in [7, 11) is 3.68. The van der Waals surface area contributed by atoms with E-state index < -0.39 is 0 Å². The summed E-state index contributed by atoms with van der Waals surface area (Å²) in [6.07, 6.45) is 1.60. The van der Waals surface area contributed by atoms with Crippen LogP contribution in [0.3, 0.4) is 0 Å². The highest BCUT2D eigenvalue weighted by molar-refractivity contribution is 5.88. The van der Waals surface area contributed by atoms with Crippen molar-refractivity contribution < 1.29 is 0 Å². The standard InChI is InChI=1S/C7H12N6/c1-13(2)7-10-4-3-5(12-7)11-6(8)9/h3-4H,1-2H3,(H4,8,9,10,11,12). The summed E-state index contributed by atoms with van der Waals surface area (Å²) in [6, 6.07) is 1.65. The molecule has 0 bridgehead atoms. The second-order valence-corrected chi connectivity index (χ2v) is 2.67. The molecular formula is C7H12N6. The third-order valence-electron chi connectivity index (χ3n) is 1.31. The highest BCUT2D eigenvalue weighted by Gasteiger charge is 2.00. The molecule has 0 fully saturated rings. The molecule has 0 aliphatic heterocycles. The Kier molecular flexibility index (Phi) is 2.63. The molecule has 0 spiro atoms. The summed E-state index contributed by atoms with van der Waals surface area (Å²) in [5.41, 5.74) is 5.15. The third-order valence-corrected chi connectivity index (χ3v) is 1.31. The third kappa shape index (κ3) is 2.58. The second-order valence-electron chi connectivity index (χ2n) is 2.67. The topological polar surface area (TPSA) is 90.9 Å². The van der Waals surface area contributed by atoms with Gasteiger partial charge in [-0.05, 0) is 6.07 Å². The van der Waals surface area contributed by atoms with Crippen molar-refractivity contribution in [1.82, 2.24) is 9.97 Å². The van der Waals surface area contributed by atoms with Gasteiger partial charge in [0.25, 0.3) is 0 Å². The first-order valence-corrected chi connectivity index (χ1v) is 3.71. The Bertz CT molecular complexity index is 308. The molecule has 0 aliphatic rings. The molecule has 1 aromatic rings. The van der Waals surface area contributed by atoms with Gasteiger partial charge in [0.05, 0.1) is 0 Å². The van der Waals surface area contributed by atoms with Gasteiger partial charge in [-0.2, -0.15) is 4.98 Å². The minimum absolute atomic E-state index is 0.136. The number of nitrogens with one attached hydrogen (secondary N) is 2. The average Bonchev–Trinajstić information content (AvgIpc) is 2.03. The van der Waals surface area contributed by atoms with E-state index in [1.807, 2.05) is 14.1 Å². The van der Waals surface area contributed by atoms with Gasteiger partial charge in [0.1, 0.15) is 5.82 Å². The zero-order valence-corrected chi connectivity index (χ0v) is 7.57. The highest BCUT2D eigenvalue weighted by atomic mass is 15.2. The first kappa shape index (κ1) is 9.24. The average molecular weight is 180 g/mol. The molecule has 70 valence electrons. The molecule has 0 saturated heterocycles. The van der Waals surface area contributed by atoms with Crippen LogP contribution >= 0.6 is 0 Å². The molecule has 4 N–H and O–H groups in total. The van der Waals surface area contributed by atoms with Crippen molar-refractivity contribution in [2.24, 2.45) is 5.73 Å². The first-order chi connectivity index (χ1) is 6.09. The lowest BCUT2D eigenvalue weighted by atomic mass is 10.5. The van der Waals surface area contributed by atoms with Gasteiger partial charge in [-0.15, -0.1) is 0 Å². The van der Waals surface area contributed by atoms with E-state index in [1.54, 1.807) is 17.2 Å². The molecule has 0 aliphatic carbocycles. The number of rotatable bonds is 2. The maximum atomic E-state index is 7.00. The molecule has 1 rings (SSSR count). The number of nitrogens with two attached hydrogens (primary N) is 1. The number of anilines is 2. The van der Waals surface area contributed by atoms with E-state index in [0.717, 1.165) is 0 Å². The smallest absolute Gasteiger partial charge is 0.226 e. The van der Waals surface area contributed by atoms with Crippen LogP contribution < -0.4 is 16.0 Å². The molecule has 0 amide bonds. The molecule has 0 radical (unpaired) electrons. The number of nitrogens with zero attached hydrogens (tertiary/aromatic N) is 3. The Hall–Kier alpha value is -1.85. The summed E-state index contributed by atoms with van der Waals surface area (Å²) in [5.74, 6) is 0.959. The molecular weight excluding hydrogens is 168 g/mol. The lowest BCUT2D eigenvalue weighted by molar-refractivity contribution is 1.00. The van der Waals surface area contributed by atoms with Gasteiger partial charge in [-0.3, -0.25) is 5.41 Å². The van der Waals surface area contributed by atoms with Crippen LogP contribution in [0.15, 0.2) is 12.3 Å². The highest BCUT2D eigenvalue weighted by Crippen LogP contribution is 2.06. The van der Waals surface area contributed by atoms with Crippen molar-refractivity contribution in [2.45, 2.75) is 0 Å². The van der Waals surface area contributed by atoms with E-state index in [9.17, 15) is 0 Å². The maximum absolute atomic E-state index is 7.00. The maximum Gasteiger partial charge on any atom is 0.226 e. The fourth-order valence-corrected chi connectivity index (χ4v) is 0.771. The zero-order chi connectivity index (χ0) is 9.84. The number of hydrogen-bond acceptors (Lipinski definition) is 4. The quantitative estimate of drug-likeness (QED) is 0.435. The predicted octanol–water partition coefficient (Wildman–Crippen LogP) is -0.152. The monoisotopic (exact) mass is 180 g/mol. The first-order valence-electron chi connectivity index (χ1n) is 3.71. The van der Waals surface area contributed by atoms with E-state index >= 15 is 0 Å². The van der Waals surface area contributed by atoms with E-state index in [-0.39, 0.29) is 5.96 Å². The van der Waals surface area contributed by atoms with E-state index in [0.29, 0.717) is 11.8 Å². The van der Waals surface area contributed by atoms with Crippen LogP contribution in [0.5, 0.6) is 0 Å². The van der Waals surface area contributed by atoms with Gasteiger partial charge in [0.2, 0.25) is 5.95 Å². The molecule has 6 nitrogen and oxygen atoms in total. The zero-order valence-electron chi connectivity index (χ0n) is 7.57. The molecule has 13 heavy (non-hydrogen) atoms. The summed E-state index contributed by atoms with van der Waals surface area (Å²) in [5, 5.41) is 9.59. The van der Waals surface area contributed by atoms with Crippen LogP contribution in [-0.4, -0.2) is 30.0 Å². The van der Waals surface area contributed by atoms with Crippen molar-refractivity contribution in [3.05, 3.63) is 12.3 Å². The number of guanidine groups is 1. The van der Waals surface area contributed by atoms with E-state index in [4.69, 9.17) is 11.1 Å².